The summed E-state index contributed by atoms with van der Waals surface area (Å²) in [5.41, 5.74) is 6.83. The Morgan fingerprint density at radius 2 is 1.96 bits per heavy atom. The molecule has 1 aromatic carbocycles. The highest BCUT2D eigenvalue weighted by Crippen LogP contribution is 2.21. The number of benzene rings is 1. The molecule has 2 amide bonds. The molecule has 0 spiro atoms. The number of hydrogen-bond donors (Lipinski definition) is 2. The molecule has 1 aliphatic rings. The Hall–Kier alpha value is -1.66. The molecule has 1 unspecified atom stereocenters. The minimum absolute atomic E-state index is 0. The lowest BCUT2D eigenvalue weighted by atomic mass is 9.99. The third-order valence-electron chi connectivity index (χ3n) is 4.51. The minimum Gasteiger partial charge on any atom is -0.346 e. The number of hydrogen-bond acceptors (Lipinski definition) is 3. The average Bonchev–Trinajstić information content (AvgIpc) is 3.02. The van der Waals surface area contributed by atoms with Crippen molar-refractivity contribution in [2.75, 3.05) is 19.6 Å². The van der Waals surface area contributed by atoms with Gasteiger partial charge in [-0.2, -0.15) is 0 Å². The van der Waals surface area contributed by atoms with Crippen LogP contribution in [-0.4, -0.2) is 42.4 Å². The van der Waals surface area contributed by atoms with Gasteiger partial charge in [-0.1, -0.05) is 26.0 Å². The van der Waals surface area contributed by atoms with Crippen molar-refractivity contribution in [1.29, 1.82) is 0 Å². The van der Waals surface area contributed by atoms with Gasteiger partial charge in [-0.25, -0.2) is 4.39 Å². The Balaban J connectivity index is 0.00000312. The van der Waals surface area contributed by atoms with Gasteiger partial charge in [-0.3, -0.25) is 9.59 Å². The number of carbonyl (C=O) groups excluding carboxylic acids is 2. The van der Waals surface area contributed by atoms with Crippen molar-refractivity contribution >= 4 is 24.2 Å². The van der Waals surface area contributed by atoms with Crippen LogP contribution >= 0.6 is 12.4 Å². The highest BCUT2D eigenvalue weighted by atomic mass is 35.5. The van der Waals surface area contributed by atoms with Crippen molar-refractivity contribution in [1.82, 2.24) is 10.2 Å². The van der Waals surface area contributed by atoms with Crippen LogP contribution in [0.5, 0.6) is 0 Å². The monoisotopic (exact) mass is 371 g/mol. The van der Waals surface area contributed by atoms with Crippen molar-refractivity contribution in [3.05, 3.63) is 35.6 Å². The van der Waals surface area contributed by atoms with Crippen LogP contribution in [0.15, 0.2) is 24.3 Å². The smallest absolute Gasteiger partial charge is 0.241 e. The van der Waals surface area contributed by atoms with Crippen LogP contribution < -0.4 is 11.1 Å². The van der Waals surface area contributed by atoms with E-state index in [1.54, 1.807) is 17.0 Å². The normalized spacial score (nSPS) is 18.0. The van der Waals surface area contributed by atoms with Gasteiger partial charge in [-0.05, 0) is 42.4 Å². The molecule has 1 aromatic rings. The molecule has 0 bridgehead atoms. The SMILES string of the molecule is CC(C)[C@H](N)C(=O)NCC(=O)N1CCC(Cc2ccc(F)cc2)C1.Cl. The van der Waals surface area contributed by atoms with Gasteiger partial charge >= 0.3 is 0 Å². The number of likely N-dealkylation sites (tertiary alicyclic amines) is 1. The summed E-state index contributed by atoms with van der Waals surface area (Å²) in [5, 5.41) is 2.61. The summed E-state index contributed by atoms with van der Waals surface area (Å²) in [7, 11) is 0. The summed E-state index contributed by atoms with van der Waals surface area (Å²) in [6.07, 6.45) is 1.75. The maximum atomic E-state index is 12.9. The summed E-state index contributed by atoms with van der Waals surface area (Å²) in [6, 6.07) is 5.89. The number of rotatable bonds is 6. The predicted octanol–water partition coefficient (Wildman–Crippen LogP) is 1.74. The van der Waals surface area contributed by atoms with Gasteiger partial charge in [0, 0.05) is 13.1 Å². The summed E-state index contributed by atoms with van der Waals surface area (Å²) < 4.78 is 12.9. The summed E-state index contributed by atoms with van der Waals surface area (Å²) in [6.45, 7) is 5.08. The highest BCUT2D eigenvalue weighted by Gasteiger charge is 2.27. The second kappa shape index (κ2) is 9.73. The first-order valence-electron chi connectivity index (χ1n) is 8.42. The van der Waals surface area contributed by atoms with Crippen LogP contribution in [0.2, 0.25) is 0 Å². The number of nitrogens with zero attached hydrogens (tertiary/aromatic N) is 1. The zero-order valence-electron chi connectivity index (χ0n) is 14.7. The van der Waals surface area contributed by atoms with E-state index in [9.17, 15) is 14.0 Å². The molecule has 0 aromatic heterocycles. The molecule has 1 fully saturated rings. The number of halogens is 2. The van der Waals surface area contributed by atoms with Crippen LogP contribution in [0.4, 0.5) is 4.39 Å². The Bertz CT molecular complexity index is 580. The number of nitrogens with two attached hydrogens (primary N) is 1. The Kier molecular flexibility index (Phi) is 8.32. The topological polar surface area (TPSA) is 75.4 Å². The fourth-order valence-corrected chi connectivity index (χ4v) is 2.87. The molecule has 140 valence electrons. The number of nitrogens with one attached hydrogen (secondary N) is 1. The first kappa shape index (κ1) is 21.4. The van der Waals surface area contributed by atoms with Crippen LogP contribution in [0.1, 0.15) is 25.8 Å². The second-order valence-electron chi connectivity index (χ2n) is 6.81. The standard InChI is InChI=1S/C18H26FN3O2.ClH/c1-12(2)17(20)18(24)21-10-16(23)22-8-7-14(11-22)9-13-3-5-15(19)6-4-13;/h3-6,12,14,17H,7-11,20H2,1-2H3,(H,21,24);1H/t14?,17-;/m0./s1. The second-order valence-corrected chi connectivity index (χ2v) is 6.81. The zero-order chi connectivity index (χ0) is 17.7. The lowest BCUT2D eigenvalue weighted by molar-refractivity contribution is -0.132. The molecule has 1 aliphatic heterocycles. The van der Waals surface area contributed by atoms with Crippen molar-refractivity contribution in [2.24, 2.45) is 17.6 Å². The van der Waals surface area contributed by atoms with Gasteiger partial charge in [0.1, 0.15) is 5.82 Å². The van der Waals surface area contributed by atoms with Gasteiger partial charge < -0.3 is 16.0 Å². The van der Waals surface area contributed by atoms with E-state index in [-0.39, 0.29) is 42.5 Å². The van der Waals surface area contributed by atoms with E-state index in [2.05, 4.69) is 5.32 Å². The van der Waals surface area contributed by atoms with E-state index in [0.717, 1.165) is 18.4 Å². The molecule has 2 atom stereocenters. The van der Waals surface area contributed by atoms with Gasteiger partial charge in [0.05, 0.1) is 12.6 Å². The minimum atomic E-state index is -0.595. The molecule has 25 heavy (non-hydrogen) atoms. The fraction of sp³-hybridized carbons (Fsp3) is 0.556. The van der Waals surface area contributed by atoms with Gasteiger partial charge in [0.15, 0.2) is 0 Å². The third kappa shape index (κ3) is 6.29. The molecule has 5 nitrogen and oxygen atoms in total. The first-order chi connectivity index (χ1) is 11.4. The predicted molar refractivity (Wildman–Crippen MR) is 97.9 cm³/mol. The summed E-state index contributed by atoms with van der Waals surface area (Å²) in [5.74, 6) is -0.210. The van der Waals surface area contributed by atoms with E-state index in [1.165, 1.54) is 12.1 Å². The lowest BCUT2D eigenvalue weighted by Crippen LogP contribution is -2.47. The Morgan fingerprint density at radius 3 is 2.56 bits per heavy atom. The third-order valence-corrected chi connectivity index (χ3v) is 4.51. The lowest BCUT2D eigenvalue weighted by Gasteiger charge is -2.19. The van der Waals surface area contributed by atoms with E-state index in [4.69, 9.17) is 5.73 Å². The Morgan fingerprint density at radius 1 is 1.32 bits per heavy atom. The van der Waals surface area contributed by atoms with E-state index in [1.807, 2.05) is 13.8 Å². The number of carbonyl (C=O) groups is 2. The van der Waals surface area contributed by atoms with Crippen LogP contribution in [-0.2, 0) is 16.0 Å². The summed E-state index contributed by atoms with van der Waals surface area (Å²) in [4.78, 5) is 25.8. The molecular formula is C18H27ClFN3O2. The van der Waals surface area contributed by atoms with Gasteiger partial charge in [0.2, 0.25) is 11.8 Å². The fourth-order valence-electron chi connectivity index (χ4n) is 2.87. The van der Waals surface area contributed by atoms with Crippen molar-refractivity contribution in [3.63, 3.8) is 0 Å². The Labute approximate surface area is 154 Å². The van der Waals surface area contributed by atoms with Crippen molar-refractivity contribution in [2.45, 2.75) is 32.7 Å². The molecule has 0 saturated carbocycles. The molecule has 1 heterocycles. The molecule has 2 rings (SSSR count). The van der Waals surface area contributed by atoms with Crippen molar-refractivity contribution in [3.8, 4) is 0 Å². The zero-order valence-corrected chi connectivity index (χ0v) is 15.5. The first-order valence-corrected chi connectivity index (χ1v) is 8.42. The van der Waals surface area contributed by atoms with Crippen LogP contribution in [0.3, 0.4) is 0 Å². The molecule has 1 saturated heterocycles. The van der Waals surface area contributed by atoms with E-state index < -0.39 is 6.04 Å². The summed E-state index contributed by atoms with van der Waals surface area (Å²) >= 11 is 0. The van der Waals surface area contributed by atoms with Crippen LogP contribution in [0.25, 0.3) is 0 Å². The van der Waals surface area contributed by atoms with Gasteiger partial charge in [-0.15, -0.1) is 12.4 Å². The maximum Gasteiger partial charge on any atom is 0.241 e. The van der Waals surface area contributed by atoms with Crippen LogP contribution in [0, 0.1) is 17.7 Å². The molecule has 0 aliphatic carbocycles. The molecular weight excluding hydrogens is 345 g/mol. The van der Waals surface area contributed by atoms with E-state index >= 15 is 0 Å². The largest absolute Gasteiger partial charge is 0.346 e. The van der Waals surface area contributed by atoms with Crippen molar-refractivity contribution < 1.29 is 14.0 Å². The number of amides is 2. The quantitative estimate of drug-likeness (QED) is 0.799. The molecule has 7 heteroatoms. The van der Waals surface area contributed by atoms with E-state index in [0.29, 0.717) is 19.0 Å². The molecule has 3 N–H and O–H groups in total. The maximum absolute atomic E-state index is 12.9. The molecule has 0 radical (unpaired) electrons. The highest BCUT2D eigenvalue weighted by molar-refractivity contribution is 5.87. The average molecular weight is 372 g/mol. The van der Waals surface area contributed by atoms with Gasteiger partial charge in [0.25, 0.3) is 0 Å².